The number of piperidine rings is 1. The topological polar surface area (TPSA) is 92.3 Å². The summed E-state index contributed by atoms with van der Waals surface area (Å²) >= 11 is 4.19. The second-order valence-corrected chi connectivity index (χ2v) is 12.0. The molecule has 0 bridgehead atoms. The quantitative estimate of drug-likeness (QED) is 0.552. The maximum Gasteiger partial charge on any atom is 0.263 e. The molecule has 0 aliphatic carbocycles. The Balaban J connectivity index is 1.82. The molecule has 0 saturated carbocycles. The first-order valence-electron chi connectivity index (χ1n) is 9.80. The first-order chi connectivity index (χ1) is 14.3. The fourth-order valence-corrected chi connectivity index (χ4v) is 6.58. The zero-order valence-corrected chi connectivity index (χ0v) is 20.5. The standard InChI is InChI=1S/C19H26N4O3S4/c1-4-11-28-19-21-20-18(29-19)22-30(25,26)14-5-6-16(27-3)15(12-14)17(24)23-9-7-13(2)8-10-23/h5-6,12-13H,4,7-11H2,1-3H3,(H,20,22). The van der Waals surface area contributed by atoms with Crippen LogP contribution < -0.4 is 4.72 Å². The van der Waals surface area contributed by atoms with E-state index >= 15 is 0 Å². The van der Waals surface area contributed by atoms with Gasteiger partial charge in [0.1, 0.15) is 0 Å². The van der Waals surface area contributed by atoms with E-state index in [1.54, 1.807) is 17.8 Å². The van der Waals surface area contributed by atoms with E-state index in [4.69, 9.17) is 0 Å². The van der Waals surface area contributed by atoms with Crippen molar-refractivity contribution in [2.75, 3.05) is 29.8 Å². The van der Waals surface area contributed by atoms with Gasteiger partial charge in [0.25, 0.3) is 15.9 Å². The molecule has 1 N–H and O–H groups in total. The van der Waals surface area contributed by atoms with Gasteiger partial charge < -0.3 is 4.90 Å². The van der Waals surface area contributed by atoms with Crippen LogP contribution in [0, 0.1) is 5.92 Å². The van der Waals surface area contributed by atoms with E-state index < -0.39 is 10.0 Å². The predicted octanol–water partition coefficient (Wildman–Crippen LogP) is 4.44. The van der Waals surface area contributed by atoms with Crippen molar-refractivity contribution in [3.05, 3.63) is 23.8 Å². The number of rotatable bonds is 8. The van der Waals surface area contributed by atoms with E-state index in [-0.39, 0.29) is 15.9 Å². The fraction of sp³-hybridized carbons (Fsp3) is 0.526. The highest BCUT2D eigenvalue weighted by atomic mass is 32.2. The molecule has 1 aliphatic heterocycles. The van der Waals surface area contributed by atoms with E-state index in [2.05, 4.69) is 28.8 Å². The van der Waals surface area contributed by atoms with Crippen molar-refractivity contribution in [1.29, 1.82) is 0 Å². The summed E-state index contributed by atoms with van der Waals surface area (Å²) in [5.74, 6) is 1.40. The summed E-state index contributed by atoms with van der Waals surface area (Å²) < 4.78 is 29.0. The van der Waals surface area contributed by atoms with E-state index in [9.17, 15) is 13.2 Å². The Bertz CT molecular complexity index is 985. The largest absolute Gasteiger partial charge is 0.339 e. The van der Waals surface area contributed by atoms with Crippen molar-refractivity contribution in [1.82, 2.24) is 15.1 Å². The summed E-state index contributed by atoms with van der Waals surface area (Å²) in [7, 11) is -3.87. The molecule has 0 unspecified atom stereocenters. The molecule has 1 saturated heterocycles. The summed E-state index contributed by atoms with van der Waals surface area (Å²) in [6, 6.07) is 4.70. The second-order valence-electron chi connectivity index (χ2n) is 7.16. The maximum atomic E-state index is 13.1. The molecule has 7 nitrogen and oxygen atoms in total. The van der Waals surface area contributed by atoms with Crippen LogP contribution in [0.2, 0.25) is 0 Å². The summed E-state index contributed by atoms with van der Waals surface area (Å²) in [6.45, 7) is 5.66. The third-order valence-corrected chi connectivity index (χ3v) is 9.28. The molecule has 0 spiro atoms. The minimum Gasteiger partial charge on any atom is -0.339 e. The maximum absolute atomic E-state index is 13.1. The van der Waals surface area contributed by atoms with Crippen LogP contribution in [0.1, 0.15) is 43.5 Å². The van der Waals surface area contributed by atoms with Crippen molar-refractivity contribution < 1.29 is 13.2 Å². The summed E-state index contributed by atoms with van der Waals surface area (Å²) in [4.78, 5) is 15.7. The minimum atomic E-state index is -3.87. The molecule has 1 aromatic carbocycles. The molecule has 11 heteroatoms. The highest BCUT2D eigenvalue weighted by Crippen LogP contribution is 2.30. The molecule has 1 fully saturated rings. The van der Waals surface area contributed by atoms with Crippen LogP contribution in [0.5, 0.6) is 0 Å². The minimum absolute atomic E-state index is 0.0481. The number of hydrogen-bond acceptors (Lipinski definition) is 8. The Morgan fingerprint density at radius 2 is 2.03 bits per heavy atom. The number of carbonyl (C=O) groups is 1. The lowest BCUT2D eigenvalue weighted by Gasteiger charge is -2.30. The van der Waals surface area contributed by atoms with Crippen LogP contribution in [0.4, 0.5) is 5.13 Å². The Morgan fingerprint density at radius 3 is 2.70 bits per heavy atom. The van der Waals surface area contributed by atoms with Gasteiger partial charge in [-0.15, -0.1) is 22.0 Å². The Morgan fingerprint density at radius 1 is 1.30 bits per heavy atom. The number of benzene rings is 1. The summed E-state index contributed by atoms with van der Waals surface area (Å²) in [5, 5.41) is 8.16. The molecule has 3 rings (SSSR count). The van der Waals surface area contributed by atoms with Gasteiger partial charge in [-0.25, -0.2) is 8.42 Å². The zero-order chi connectivity index (χ0) is 21.7. The molecule has 1 aliphatic rings. The number of anilines is 1. The number of nitrogens with zero attached hydrogens (tertiary/aromatic N) is 3. The fourth-order valence-electron chi connectivity index (χ4n) is 3.08. The molecule has 30 heavy (non-hydrogen) atoms. The van der Waals surface area contributed by atoms with Crippen molar-refractivity contribution in [3.8, 4) is 0 Å². The van der Waals surface area contributed by atoms with Crippen LogP contribution in [-0.4, -0.2) is 54.5 Å². The van der Waals surface area contributed by atoms with Gasteiger partial charge in [0.15, 0.2) is 4.34 Å². The second kappa shape index (κ2) is 10.3. The monoisotopic (exact) mass is 486 g/mol. The van der Waals surface area contributed by atoms with E-state index in [1.807, 2.05) is 11.2 Å². The number of likely N-dealkylation sites (tertiary alicyclic amines) is 1. The molecule has 164 valence electrons. The summed E-state index contributed by atoms with van der Waals surface area (Å²) in [5.41, 5.74) is 0.427. The highest BCUT2D eigenvalue weighted by molar-refractivity contribution is 8.01. The van der Waals surface area contributed by atoms with Crippen LogP contribution >= 0.6 is 34.9 Å². The van der Waals surface area contributed by atoms with Gasteiger partial charge >= 0.3 is 0 Å². The zero-order valence-electron chi connectivity index (χ0n) is 17.3. The van der Waals surface area contributed by atoms with Crippen LogP contribution in [0.15, 0.2) is 32.3 Å². The smallest absolute Gasteiger partial charge is 0.263 e. The number of carbonyl (C=O) groups excluding carboxylic acids is 1. The van der Waals surface area contributed by atoms with E-state index in [0.29, 0.717) is 24.6 Å². The van der Waals surface area contributed by atoms with Gasteiger partial charge in [-0.1, -0.05) is 36.9 Å². The molecule has 1 amide bonds. The number of hydrogen-bond donors (Lipinski definition) is 1. The van der Waals surface area contributed by atoms with Crippen molar-refractivity contribution in [2.45, 2.75) is 47.2 Å². The van der Waals surface area contributed by atoms with Crippen molar-refractivity contribution in [3.63, 3.8) is 0 Å². The predicted molar refractivity (Wildman–Crippen MR) is 124 cm³/mol. The number of aromatic nitrogens is 2. The Hall–Kier alpha value is -1.30. The first kappa shape index (κ1) is 23.4. The van der Waals surface area contributed by atoms with Crippen LogP contribution in [-0.2, 0) is 10.0 Å². The van der Waals surface area contributed by atoms with Gasteiger partial charge in [0.2, 0.25) is 5.13 Å². The SMILES string of the molecule is CCCSc1nnc(NS(=O)(=O)c2ccc(SC)c(C(=O)N3CCC(C)CC3)c2)s1. The van der Waals surface area contributed by atoms with Crippen molar-refractivity contribution in [2.24, 2.45) is 5.92 Å². The van der Waals surface area contributed by atoms with Crippen LogP contribution in [0.25, 0.3) is 0 Å². The lowest BCUT2D eigenvalue weighted by molar-refractivity contribution is 0.0693. The van der Waals surface area contributed by atoms with Gasteiger partial charge in [-0.2, -0.15) is 0 Å². The number of nitrogens with one attached hydrogen (secondary N) is 1. The average Bonchev–Trinajstić information content (AvgIpc) is 3.18. The van der Waals surface area contributed by atoms with Crippen LogP contribution in [0.3, 0.4) is 0 Å². The molecular weight excluding hydrogens is 461 g/mol. The lowest BCUT2D eigenvalue weighted by Crippen LogP contribution is -2.38. The number of amides is 1. The van der Waals surface area contributed by atoms with Gasteiger partial charge in [-0.05, 0) is 49.6 Å². The number of sulfonamides is 1. The molecule has 0 radical (unpaired) electrons. The third kappa shape index (κ3) is 5.68. The molecule has 0 atom stereocenters. The van der Waals surface area contributed by atoms with E-state index in [1.165, 1.54) is 35.2 Å². The van der Waals surface area contributed by atoms with Crippen molar-refractivity contribution >= 4 is 55.9 Å². The van der Waals surface area contributed by atoms with Gasteiger partial charge in [-0.3, -0.25) is 9.52 Å². The van der Waals surface area contributed by atoms with Gasteiger partial charge in [0, 0.05) is 23.7 Å². The molecule has 2 heterocycles. The highest BCUT2D eigenvalue weighted by Gasteiger charge is 2.26. The first-order valence-corrected chi connectivity index (χ1v) is 14.3. The Labute approximate surface area is 190 Å². The molecule has 1 aromatic heterocycles. The normalized spacial score (nSPS) is 15.4. The number of thioether (sulfide) groups is 2. The van der Waals surface area contributed by atoms with Gasteiger partial charge in [0.05, 0.1) is 10.5 Å². The molecular formula is C19H26N4O3S4. The third-order valence-electron chi connectivity index (χ3n) is 4.84. The lowest BCUT2D eigenvalue weighted by atomic mass is 9.98. The summed E-state index contributed by atoms with van der Waals surface area (Å²) in [6.07, 6.45) is 4.82. The Kier molecular flexibility index (Phi) is 8.05. The molecule has 2 aromatic rings. The van der Waals surface area contributed by atoms with E-state index in [0.717, 1.165) is 34.3 Å². The average molecular weight is 487 g/mol.